The number of carbonyl (C=O) groups excluding carboxylic acids is 2. The maximum Gasteiger partial charge on any atom is 0.243 e. The van der Waals surface area contributed by atoms with Crippen molar-refractivity contribution in [2.24, 2.45) is 5.41 Å². The lowest BCUT2D eigenvalue weighted by atomic mass is 9.86. The Hall–Kier alpha value is -2.43. The predicted octanol–water partition coefficient (Wildman–Crippen LogP) is 1.68. The van der Waals surface area contributed by atoms with Crippen LogP contribution in [-0.4, -0.2) is 68.6 Å². The smallest absolute Gasteiger partial charge is 0.243 e. The zero-order valence-electron chi connectivity index (χ0n) is 19.4. The Bertz CT molecular complexity index is 955. The third kappa shape index (κ3) is 5.13. The van der Waals surface area contributed by atoms with Gasteiger partial charge in [0.25, 0.3) is 0 Å². The van der Waals surface area contributed by atoms with E-state index in [2.05, 4.69) is 25.6 Å². The second-order valence-corrected chi connectivity index (χ2v) is 10.2. The summed E-state index contributed by atoms with van der Waals surface area (Å²) in [6, 6.07) is -1.59. The molecule has 9 nitrogen and oxygen atoms in total. The molecule has 0 spiro atoms. The molecule has 1 fully saturated rings. The summed E-state index contributed by atoms with van der Waals surface area (Å²) in [5.41, 5.74) is 3.69. The number of rotatable bonds is 6. The molecule has 32 heavy (non-hydrogen) atoms. The normalized spacial score (nSPS) is 20.8. The van der Waals surface area contributed by atoms with Crippen molar-refractivity contribution in [1.82, 2.24) is 30.5 Å². The molecule has 10 heteroatoms. The molecule has 0 unspecified atom stereocenters. The standard InChI is InChI=1S/C22H32N6O3S/c1-12(15-8-25-16(9-24-15)18-13(2)26-11-32-18)27-20(30)17-7-14(29)10-28(17)21(31)19(23-6)22(3,4)5/h8-9,11-12,14,17,19,23,29H,7,10H2,1-6H3,(H,27,30)/t12-,14+,17-,19+/m0/s1. The van der Waals surface area contributed by atoms with Gasteiger partial charge in [-0.25, -0.2) is 4.98 Å². The van der Waals surface area contributed by atoms with Crippen molar-refractivity contribution in [3.05, 3.63) is 29.3 Å². The average molecular weight is 461 g/mol. The number of likely N-dealkylation sites (tertiary alicyclic amines) is 1. The Morgan fingerprint density at radius 2 is 1.97 bits per heavy atom. The van der Waals surface area contributed by atoms with Gasteiger partial charge in [-0.05, 0) is 26.3 Å². The highest BCUT2D eigenvalue weighted by Crippen LogP contribution is 2.27. The number of thiazole rings is 1. The number of aryl methyl sites for hydroxylation is 1. The van der Waals surface area contributed by atoms with Gasteiger partial charge in [0.05, 0.1) is 52.4 Å². The molecule has 3 heterocycles. The first-order chi connectivity index (χ1) is 15.0. The predicted molar refractivity (Wildman–Crippen MR) is 123 cm³/mol. The molecule has 174 valence electrons. The van der Waals surface area contributed by atoms with Crippen molar-refractivity contribution in [3.8, 4) is 10.6 Å². The number of hydrogen-bond acceptors (Lipinski definition) is 8. The SMILES string of the molecule is CN[C@H](C(=O)N1C[C@H](O)C[C@H]1C(=O)N[C@@H](C)c1cnc(-c2scnc2C)cn1)C(C)(C)C. The van der Waals surface area contributed by atoms with E-state index in [1.807, 2.05) is 34.6 Å². The number of aromatic nitrogens is 3. The second-order valence-electron chi connectivity index (χ2n) is 9.31. The van der Waals surface area contributed by atoms with E-state index in [1.54, 1.807) is 25.0 Å². The van der Waals surface area contributed by atoms with E-state index in [0.29, 0.717) is 5.69 Å². The summed E-state index contributed by atoms with van der Waals surface area (Å²) in [6.45, 7) is 9.78. The Balaban J connectivity index is 1.70. The average Bonchev–Trinajstić information content (AvgIpc) is 3.33. The molecule has 3 N–H and O–H groups in total. The van der Waals surface area contributed by atoms with Gasteiger partial charge < -0.3 is 20.6 Å². The quantitative estimate of drug-likeness (QED) is 0.600. The van der Waals surface area contributed by atoms with E-state index in [4.69, 9.17) is 0 Å². The molecule has 2 amide bonds. The first-order valence-electron chi connectivity index (χ1n) is 10.7. The van der Waals surface area contributed by atoms with Crippen LogP contribution in [0.3, 0.4) is 0 Å². The van der Waals surface area contributed by atoms with Crippen LogP contribution in [0.4, 0.5) is 0 Å². The third-order valence-electron chi connectivity index (χ3n) is 5.72. The summed E-state index contributed by atoms with van der Waals surface area (Å²) >= 11 is 1.50. The topological polar surface area (TPSA) is 120 Å². The number of aliphatic hydroxyl groups is 1. The molecule has 0 bridgehead atoms. The molecule has 3 rings (SSSR count). The highest BCUT2D eigenvalue weighted by Gasteiger charge is 2.43. The fourth-order valence-electron chi connectivity index (χ4n) is 4.01. The fourth-order valence-corrected chi connectivity index (χ4v) is 4.77. The van der Waals surface area contributed by atoms with E-state index >= 15 is 0 Å². The summed E-state index contributed by atoms with van der Waals surface area (Å²) in [7, 11) is 1.73. The zero-order chi connectivity index (χ0) is 23.6. The maximum absolute atomic E-state index is 13.2. The van der Waals surface area contributed by atoms with Crippen LogP contribution in [0.25, 0.3) is 10.6 Å². The van der Waals surface area contributed by atoms with Crippen LogP contribution >= 0.6 is 11.3 Å². The lowest BCUT2D eigenvalue weighted by molar-refractivity contribution is -0.142. The van der Waals surface area contributed by atoms with Gasteiger partial charge in [0.1, 0.15) is 11.7 Å². The molecule has 0 saturated carbocycles. The van der Waals surface area contributed by atoms with Crippen LogP contribution < -0.4 is 10.6 Å². The number of likely N-dealkylation sites (N-methyl/N-ethyl adjacent to an activating group) is 1. The molecule has 1 aliphatic heterocycles. The molecule has 0 aromatic carbocycles. The van der Waals surface area contributed by atoms with Crippen LogP contribution in [0.15, 0.2) is 17.9 Å². The number of β-amino-alcohol motifs (C(OH)–C–C–N with tert-alkyl or cyclic N) is 1. The van der Waals surface area contributed by atoms with Crippen molar-refractivity contribution in [2.45, 2.75) is 65.3 Å². The van der Waals surface area contributed by atoms with E-state index in [9.17, 15) is 14.7 Å². The monoisotopic (exact) mass is 460 g/mol. The van der Waals surface area contributed by atoms with Gasteiger partial charge in [-0.15, -0.1) is 11.3 Å². The van der Waals surface area contributed by atoms with Crippen molar-refractivity contribution < 1.29 is 14.7 Å². The summed E-state index contributed by atoms with van der Waals surface area (Å²) < 4.78 is 0. The van der Waals surface area contributed by atoms with Crippen LogP contribution in [0.1, 0.15) is 51.5 Å². The highest BCUT2D eigenvalue weighted by atomic mass is 32.1. The van der Waals surface area contributed by atoms with Crippen molar-refractivity contribution in [1.29, 1.82) is 0 Å². The number of carbonyl (C=O) groups is 2. The number of nitrogens with zero attached hydrogens (tertiary/aromatic N) is 4. The summed E-state index contributed by atoms with van der Waals surface area (Å²) in [4.78, 5) is 41.8. The Labute approximate surface area is 192 Å². The maximum atomic E-state index is 13.2. The fraction of sp³-hybridized carbons (Fsp3) is 0.591. The van der Waals surface area contributed by atoms with Crippen molar-refractivity contribution in [3.63, 3.8) is 0 Å². The Morgan fingerprint density at radius 1 is 1.25 bits per heavy atom. The van der Waals surface area contributed by atoms with Gasteiger partial charge in [0, 0.05) is 13.0 Å². The minimum absolute atomic E-state index is 0.141. The zero-order valence-corrected chi connectivity index (χ0v) is 20.2. The first-order valence-corrected chi connectivity index (χ1v) is 11.6. The van der Waals surface area contributed by atoms with Gasteiger partial charge in [-0.1, -0.05) is 20.8 Å². The number of amides is 2. The van der Waals surface area contributed by atoms with Crippen LogP contribution in [0, 0.1) is 12.3 Å². The van der Waals surface area contributed by atoms with E-state index in [1.165, 1.54) is 16.2 Å². The minimum Gasteiger partial charge on any atom is -0.391 e. The molecule has 2 aromatic heterocycles. The van der Waals surface area contributed by atoms with Crippen LogP contribution in [0.5, 0.6) is 0 Å². The summed E-state index contributed by atoms with van der Waals surface area (Å²) in [5, 5.41) is 16.2. The van der Waals surface area contributed by atoms with Crippen LogP contribution in [-0.2, 0) is 9.59 Å². The highest BCUT2D eigenvalue weighted by molar-refractivity contribution is 7.13. The number of nitrogens with one attached hydrogen (secondary N) is 2. The van der Waals surface area contributed by atoms with Gasteiger partial charge in [-0.3, -0.25) is 19.6 Å². The molecule has 0 aliphatic carbocycles. The molecule has 4 atom stereocenters. The molecule has 0 radical (unpaired) electrons. The molecule has 1 aliphatic rings. The molecule has 1 saturated heterocycles. The van der Waals surface area contributed by atoms with Gasteiger partial charge in [-0.2, -0.15) is 0 Å². The van der Waals surface area contributed by atoms with Crippen molar-refractivity contribution in [2.75, 3.05) is 13.6 Å². The molecular weight excluding hydrogens is 428 g/mol. The minimum atomic E-state index is -0.732. The summed E-state index contributed by atoms with van der Waals surface area (Å²) in [6.07, 6.45) is 2.79. The lowest BCUT2D eigenvalue weighted by Gasteiger charge is -2.34. The Morgan fingerprint density at radius 3 is 2.50 bits per heavy atom. The summed E-state index contributed by atoms with van der Waals surface area (Å²) in [5.74, 6) is -0.497. The van der Waals surface area contributed by atoms with Crippen molar-refractivity contribution >= 4 is 23.2 Å². The lowest BCUT2D eigenvalue weighted by Crippen LogP contribution is -2.56. The Kier molecular flexibility index (Phi) is 7.26. The largest absolute Gasteiger partial charge is 0.391 e. The molecule has 2 aromatic rings. The number of hydrogen-bond donors (Lipinski definition) is 3. The first kappa shape index (κ1) is 24.2. The van der Waals surface area contributed by atoms with Gasteiger partial charge in [0.2, 0.25) is 11.8 Å². The van der Waals surface area contributed by atoms with Gasteiger partial charge in [0.15, 0.2) is 0 Å². The van der Waals surface area contributed by atoms with E-state index in [0.717, 1.165) is 16.3 Å². The van der Waals surface area contributed by atoms with E-state index in [-0.39, 0.29) is 30.2 Å². The molecular formula is C22H32N6O3S. The number of aliphatic hydroxyl groups excluding tert-OH is 1. The van der Waals surface area contributed by atoms with Crippen LogP contribution in [0.2, 0.25) is 0 Å². The third-order valence-corrected chi connectivity index (χ3v) is 6.67. The second kappa shape index (κ2) is 9.60. The van der Waals surface area contributed by atoms with Gasteiger partial charge >= 0.3 is 0 Å². The van der Waals surface area contributed by atoms with E-state index < -0.39 is 24.2 Å².